The summed E-state index contributed by atoms with van der Waals surface area (Å²) in [5, 5.41) is 11.0. The molecule has 0 fully saturated rings. The van der Waals surface area contributed by atoms with Gasteiger partial charge < -0.3 is 10.4 Å². The van der Waals surface area contributed by atoms with Crippen LogP contribution in [0, 0.1) is 6.92 Å². The van der Waals surface area contributed by atoms with Gasteiger partial charge in [0.2, 0.25) is 5.91 Å². The van der Waals surface area contributed by atoms with Crippen LogP contribution in [-0.2, 0) is 4.79 Å². The number of carbonyl (C=O) groups is 1. The number of aliphatic hydroxyl groups is 1. The first-order valence-electron chi connectivity index (χ1n) is 5.48. The van der Waals surface area contributed by atoms with E-state index in [9.17, 15) is 13.6 Å². The Hall–Kier alpha value is -1.75. The molecule has 1 amide bonds. The fourth-order valence-corrected chi connectivity index (χ4v) is 1.20. The molecule has 0 saturated carbocycles. The Morgan fingerprint density at radius 3 is 2.56 bits per heavy atom. The van der Waals surface area contributed by atoms with E-state index in [1.54, 1.807) is 6.08 Å². The number of rotatable bonds is 5. The van der Waals surface area contributed by atoms with E-state index < -0.39 is 25.0 Å². The Kier molecular flexibility index (Phi) is 5.45. The molecule has 0 saturated heterocycles. The van der Waals surface area contributed by atoms with Crippen LogP contribution in [0.4, 0.5) is 8.78 Å². The quantitative estimate of drug-likeness (QED) is 0.787. The fourth-order valence-electron chi connectivity index (χ4n) is 1.20. The highest BCUT2D eigenvalue weighted by Gasteiger charge is 2.16. The molecule has 1 atom stereocenters. The van der Waals surface area contributed by atoms with E-state index in [2.05, 4.69) is 5.32 Å². The summed E-state index contributed by atoms with van der Waals surface area (Å²) in [7, 11) is 0. The third-order valence-electron chi connectivity index (χ3n) is 2.28. The number of benzene rings is 1. The third kappa shape index (κ3) is 5.05. The molecular formula is C13H15F2NO2. The Morgan fingerprint density at radius 1 is 1.39 bits per heavy atom. The molecule has 0 spiro atoms. The van der Waals surface area contributed by atoms with Crippen LogP contribution in [0.3, 0.4) is 0 Å². The van der Waals surface area contributed by atoms with Crippen molar-refractivity contribution in [1.29, 1.82) is 0 Å². The van der Waals surface area contributed by atoms with Gasteiger partial charge in [-0.1, -0.05) is 29.8 Å². The highest BCUT2D eigenvalue weighted by molar-refractivity contribution is 5.91. The number of amides is 1. The number of alkyl halides is 2. The van der Waals surface area contributed by atoms with Gasteiger partial charge in [-0.15, -0.1) is 0 Å². The molecule has 0 aliphatic rings. The summed E-state index contributed by atoms with van der Waals surface area (Å²) >= 11 is 0. The molecule has 1 aromatic rings. The predicted molar refractivity (Wildman–Crippen MR) is 65.2 cm³/mol. The maximum Gasteiger partial charge on any atom is 0.265 e. The van der Waals surface area contributed by atoms with Crippen molar-refractivity contribution in [2.75, 3.05) is 6.54 Å². The number of aryl methyl sites for hydroxylation is 1. The molecule has 1 rings (SSSR count). The van der Waals surface area contributed by atoms with Crippen molar-refractivity contribution in [3.05, 3.63) is 41.5 Å². The first-order chi connectivity index (χ1) is 8.49. The van der Waals surface area contributed by atoms with Gasteiger partial charge >= 0.3 is 0 Å². The van der Waals surface area contributed by atoms with Crippen molar-refractivity contribution in [2.24, 2.45) is 0 Å². The average molecular weight is 255 g/mol. The molecule has 0 radical (unpaired) electrons. The van der Waals surface area contributed by atoms with E-state index in [-0.39, 0.29) is 0 Å². The number of carbonyl (C=O) groups excluding carboxylic acids is 1. The molecule has 18 heavy (non-hydrogen) atoms. The molecule has 0 heterocycles. The lowest BCUT2D eigenvalue weighted by Crippen LogP contribution is -2.34. The molecule has 0 aliphatic carbocycles. The summed E-state index contributed by atoms with van der Waals surface area (Å²) in [6.45, 7) is 1.49. The van der Waals surface area contributed by atoms with Crippen molar-refractivity contribution in [3.63, 3.8) is 0 Å². The minimum atomic E-state index is -2.86. The standard InChI is InChI=1S/C13H15F2NO2/c1-9-2-4-10(5-3-9)6-7-12(18)16-8-11(17)13(14)15/h2-7,11,13,17H,8H2,1H3,(H,16,18)/b7-6+. The van der Waals surface area contributed by atoms with Gasteiger partial charge in [0.05, 0.1) is 0 Å². The zero-order valence-electron chi connectivity index (χ0n) is 9.94. The summed E-state index contributed by atoms with van der Waals surface area (Å²) in [5.41, 5.74) is 1.95. The van der Waals surface area contributed by atoms with Crippen LogP contribution >= 0.6 is 0 Å². The van der Waals surface area contributed by atoms with Crippen LogP contribution in [0.25, 0.3) is 6.08 Å². The Balaban J connectivity index is 2.42. The largest absolute Gasteiger partial charge is 0.385 e. The lowest BCUT2D eigenvalue weighted by Gasteiger charge is -2.08. The second-order valence-corrected chi connectivity index (χ2v) is 3.89. The van der Waals surface area contributed by atoms with E-state index >= 15 is 0 Å². The van der Waals surface area contributed by atoms with Gasteiger partial charge in [-0.25, -0.2) is 8.78 Å². The fraction of sp³-hybridized carbons (Fsp3) is 0.308. The van der Waals surface area contributed by atoms with E-state index in [1.807, 2.05) is 31.2 Å². The first kappa shape index (κ1) is 14.3. The summed E-state index contributed by atoms with van der Waals surface area (Å²) in [6.07, 6.45) is -1.88. The number of nitrogens with one attached hydrogen (secondary N) is 1. The zero-order valence-corrected chi connectivity index (χ0v) is 9.94. The monoisotopic (exact) mass is 255 g/mol. The number of halogens is 2. The lowest BCUT2D eigenvalue weighted by molar-refractivity contribution is -0.117. The Morgan fingerprint density at radius 2 is 2.00 bits per heavy atom. The molecule has 3 nitrogen and oxygen atoms in total. The highest BCUT2D eigenvalue weighted by Crippen LogP contribution is 2.04. The number of hydrogen-bond acceptors (Lipinski definition) is 2. The van der Waals surface area contributed by atoms with Gasteiger partial charge in [-0.3, -0.25) is 4.79 Å². The molecule has 0 bridgehead atoms. The van der Waals surface area contributed by atoms with Gasteiger partial charge in [0.25, 0.3) is 6.43 Å². The Bertz CT molecular complexity index is 416. The first-order valence-corrected chi connectivity index (χ1v) is 5.48. The molecule has 0 aliphatic heterocycles. The summed E-state index contributed by atoms with van der Waals surface area (Å²) in [5.74, 6) is -0.518. The van der Waals surface area contributed by atoms with E-state index in [4.69, 9.17) is 5.11 Å². The van der Waals surface area contributed by atoms with Crippen molar-refractivity contribution in [2.45, 2.75) is 19.5 Å². The Labute approximate surface area is 104 Å². The highest BCUT2D eigenvalue weighted by atomic mass is 19.3. The number of aliphatic hydroxyl groups excluding tert-OH is 1. The van der Waals surface area contributed by atoms with Crippen molar-refractivity contribution >= 4 is 12.0 Å². The van der Waals surface area contributed by atoms with Gasteiger partial charge in [0.15, 0.2) is 0 Å². The van der Waals surface area contributed by atoms with E-state index in [1.165, 1.54) is 6.08 Å². The zero-order chi connectivity index (χ0) is 13.5. The molecule has 1 unspecified atom stereocenters. The van der Waals surface area contributed by atoms with E-state index in [0.29, 0.717) is 0 Å². The van der Waals surface area contributed by atoms with Gasteiger partial charge in [0.1, 0.15) is 6.10 Å². The summed E-state index contributed by atoms with van der Waals surface area (Å²) in [4.78, 5) is 11.3. The maximum atomic E-state index is 11.9. The van der Waals surface area contributed by atoms with Crippen LogP contribution in [0.15, 0.2) is 30.3 Å². The summed E-state index contributed by atoms with van der Waals surface area (Å²) < 4.78 is 23.9. The van der Waals surface area contributed by atoms with Crippen molar-refractivity contribution in [3.8, 4) is 0 Å². The number of hydrogen-bond donors (Lipinski definition) is 2. The van der Waals surface area contributed by atoms with Crippen LogP contribution in [0.5, 0.6) is 0 Å². The average Bonchev–Trinajstić information content (AvgIpc) is 2.35. The van der Waals surface area contributed by atoms with Crippen LogP contribution in [0.2, 0.25) is 0 Å². The molecule has 2 N–H and O–H groups in total. The predicted octanol–water partition coefficient (Wildman–Crippen LogP) is 1.75. The van der Waals surface area contributed by atoms with Crippen LogP contribution < -0.4 is 5.32 Å². The molecule has 0 aromatic heterocycles. The lowest BCUT2D eigenvalue weighted by atomic mass is 10.1. The molecule has 1 aromatic carbocycles. The van der Waals surface area contributed by atoms with Gasteiger partial charge in [-0.2, -0.15) is 0 Å². The van der Waals surface area contributed by atoms with Gasteiger partial charge in [0, 0.05) is 12.6 Å². The minimum Gasteiger partial charge on any atom is -0.385 e. The van der Waals surface area contributed by atoms with Gasteiger partial charge in [-0.05, 0) is 18.6 Å². The molecular weight excluding hydrogens is 240 g/mol. The minimum absolute atomic E-state index is 0.464. The van der Waals surface area contributed by atoms with Crippen LogP contribution in [-0.4, -0.2) is 30.1 Å². The second-order valence-electron chi connectivity index (χ2n) is 3.89. The molecule has 98 valence electrons. The maximum absolute atomic E-state index is 11.9. The molecule has 5 heteroatoms. The second kappa shape index (κ2) is 6.86. The smallest absolute Gasteiger partial charge is 0.265 e. The SMILES string of the molecule is Cc1ccc(/C=C/C(=O)NCC(O)C(F)F)cc1. The normalized spacial score (nSPS) is 12.9. The van der Waals surface area contributed by atoms with E-state index in [0.717, 1.165) is 11.1 Å². The summed E-state index contributed by atoms with van der Waals surface area (Å²) in [6, 6.07) is 7.48. The van der Waals surface area contributed by atoms with Crippen molar-refractivity contribution in [1.82, 2.24) is 5.32 Å². The third-order valence-corrected chi connectivity index (χ3v) is 2.28. The topological polar surface area (TPSA) is 49.3 Å². The van der Waals surface area contributed by atoms with Crippen LogP contribution in [0.1, 0.15) is 11.1 Å². The van der Waals surface area contributed by atoms with Crippen molar-refractivity contribution < 1.29 is 18.7 Å².